The fourth-order valence-corrected chi connectivity index (χ4v) is 4.65. The van der Waals surface area contributed by atoms with E-state index in [9.17, 15) is 4.79 Å². The van der Waals surface area contributed by atoms with Crippen molar-refractivity contribution >= 4 is 5.91 Å². The molecule has 1 atom stereocenters. The highest BCUT2D eigenvalue weighted by Crippen LogP contribution is 2.22. The SMILES string of the molecule is O=C(c1cc(CN2CCOCC2)on1)N1CCCC(Cc2nncn2Cc2ccccc2)C1. The monoisotopic (exact) mass is 450 g/mol. The minimum Gasteiger partial charge on any atom is -0.379 e. The van der Waals surface area contributed by atoms with Crippen LogP contribution in [-0.4, -0.2) is 75.0 Å². The first-order chi connectivity index (χ1) is 16.2. The molecule has 0 aliphatic carbocycles. The largest absolute Gasteiger partial charge is 0.379 e. The Balaban J connectivity index is 1.18. The molecule has 2 saturated heterocycles. The summed E-state index contributed by atoms with van der Waals surface area (Å²) in [7, 11) is 0. The molecule has 4 heterocycles. The maximum absolute atomic E-state index is 13.1. The molecule has 1 amide bonds. The van der Waals surface area contributed by atoms with Gasteiger partial charge in [-0.25, -0.2) is 0 Å². The van der Waals surface area contributed by atoms with Crippen LogP contribution in [0.3, 0.4) is 0 Å². The lowest BCUT2D eigenvalue weighted by molar-refractivity contribution is 0.0305. The Morgan fingerprint density at radius 2 is 1.94 bits per heavy atom. The van der Waals surface area contributed by atoms with Crippen molar-refractivity contribution in [2.45, 2.75) is 32.4 Å². The molecule has 3 aromatic rings. The van der Waals surface area contributed by atoms with Crippen LogP contribution in [0.2, 0.25) is 0 Å². The molecule has 0 spiro atoms. The van der Waals surface area contributed by atoms with Gasteiger partial charge in [-0.1, -0.05) is 35.5 Å². The Hall–Kier alpha value is -3.04. The summed E-state index contributed by atoms with van der Waals surface area (Å²) in [5, 5.41) is 12.6. The van der Waals surface area contributed by atoms with Crippen molar-refractivity contribution in [1.82, 2.24) is 29.7 Å². The van der Waals surface area contributed by atoms with Crippen LogP contribution in [0.15, 0.2) is 47.2 Å². The second kappa shape index (κ2) is 10.3. The standard InChI is InChI=1S/C24H30N6O3/c31-24(22-14-21(33-27-22)17-28-9-11-32-12-10-28)29-8-4-7-20(16-29)13-23-26-25-18-30(23)15-19-5-2-1-3-6-19/h1-3,5-6,14,18,20H,4,7-13,15-17H2. The van der Waals surface area contributed by atoms with Crippen molar-refractivity contribution in [2.24, 2.45) is 5.92 Å². The van der Waals surface area contributed by atoms with Crippen LogP contribution < -0.4 is 0 Å². The van der Waals surface area contributed by atoms with Gasteiger partial charge >= 0.3 is 0 Å². The number of nitrogens with zero attached hydrogens (tertiary/aromatic N) is 6. The molecule has 2 aromatic heterocycles. The topological polar surface area (TPSA) is 89.5 Å². The van der Waals surface area contributed by atoms with Crippen molar-refractivity contribution in [3.8, 4) is 0 Å². The predicted molar refractivity (Wildman–Crippen MR) is 120 cm³/mol. The molecule has 1 unspecified atom stereocenters. The Labute approximate surface area is 193 Å². The molecule has 0 radical (unpaired) electrons. The lowest BCUT2D eigenvalue weighted by Crippen LogP contribution is -2.41. The van der Waals surface area contributed by atoms with Gasteiger partial charge in [-0.15, -0.1) is 10.2 Å². The summed E-state index contributed by atoms with van der Waals surface area (Å²) in [6.07, 6.45) is 4.64. The highest BCUT2D eigenvalue weighted by molar-refractivity contribution is 5.92. The van der Waals surface area contributed by atoms with Gasteiger partial charge in [0.2, 0.25) is 0 Å². The molecule has 2 aliphatic heterocycles. The van der Waals surface area contributed by atoms with E-state index in [4.69, 9.17) is 9.26 Å². The molecule has 9 nitrogen and oxygen atoms in total. The molecule has 0 bridgehead atoms. The maximum atomic E-state index is 13.1. The summed E-state index contributed by atoms with van der Waals surface area (Å²) in [6, 6.07) is 12.1. The first kappa shape index (κ1) is 21.8. The highest BCUT2D eigenvalue weighted by atomic mass is 16.5. The second-order valence-electron chi connectivity index (χ2n) is 8.89. The van der Waals surface area contributed by atoms with E-state index in [0.29, 0.717) is 24.7 Å². The number of likely N-dealkylation sites (tertiary alicyclic amines) is 1. The van der Waals surface area contributed by atoms with E-state index in [2.05, 4.69) is 37.0 Å². The zero-order chi connectivity index (χ0) is 22.5. The van der Waals surface area contributed by atoms with Crippen molar-refractivity contribution < 1.29 is 14.1 Å². The molecule has 5 rings (SSSR count). The molecule has 2 fully saturated rings. The summed E-state index contributed by atoms with van der Waals surface area (Å²) in [5.41, 5.74) is 1.61. The van der Waals surface area contributed by atoms with Crippen molar-refractivity contribution in [3.63, 3.8) is 0 Å². The van der Waals surface area contributed by atoms with E-state index in [1.54, 1.807) is 12.4 Å². The number of morpholine rings is 1. The molecule has 0 N–H and O–H groups in total. The minimum absolute atomic E-state index is 0.0533. The van der Waals surface area contributed by atoms with E-state index in [0.717, 1.165) is 70.2 Å². The number of piperidine rings is 1. The molecule has 2 aliphatic rings. The van der Waals surface area contributed by atoms with Crippen molar-refractivity contribution in [1.29, 1.82) is 0 Å². The van der Waals surface area contributed by atoms with Gasteiger partial charge in [0, 0.05) is 38.7 Å². The zero-order valence-corrected chi connectivity index (χ0v) is 18.8. The summed E-state index contributed by atoms with van der Waals surface area (Å²) < 4.78 is 13.0. The Morgan fingerprint density at radius 1 is 1.09 bits per heavy atom. The number of ether oxygens (including phenoxy) is 1. The van der Waals surface area contributed by atoms with Gasteiger partial charge in [-0.05, 0) is 24.3 Å². The van der Waals surface area contributed by atoms with E-state index < -0.39 is 0 Å². The fraction of sp³-hybridized carbons (Fsp3) is 0.500. The second-order valence-corrected chi connectivity index (χ2v) is 8.89. The normalized spacial score (nSPS) is 19.6. The van der Waals surface area contributed by atoms with E-state index in [1.807, 2.05) is 23.1 Å². The number of carbonyl (C=O) groups excluding carboxylic acids is 1. The number of carbonyl (C=O) groups is 1. The van der Waals surface area contributed by atoms with Crippen LogP contribution in [0.5, 0.6) is 0 Å². The lowest BCUT2D eigenvalue weighted by atomic mass is 9.94. The number of hydrogen-bond donors (Lipinski definition) is 0. The van der Waals surface area contributed by atoms with E-state index >= 15 is 0 Å². The number of amides is 1. The molecule has 174 valence electrons. The van der Waals surface area contributed by atoms with Crippen molar-refractivity contribution in [3.05, 3.63) is 65.6 Å². The molecule has 0 saturated carbocycles. The minimum atomic E-state index is -0.0533. The van der Waals surface area contributed by atoms with Crippen molar-refractivity contribution in [2.75, 3.05) is 39.4 Å². The lowest BCUT2D eigenvalue weighted by Gasteiger charge is -2.32. The quantitative estimate of drug-likeness (QED) is 0.545. The average Bonchev–Trinajstić information content (AvgIpc) is 3.50. The Bertz CT molecular complexity index is 1040. The molecule has 9 heteroatoms. The van der Waals surface area contributed by atoms with Gasteiger partial charge in [-0.3, -0.25) is 9.69 Å². The third-order valence-corrected chi connectivity index (χ3v) is 6.43. The summed E-state index contributed by atoms with van der Waals surface area (Å²) in [6.45, 7) is 6.05. The van der Waals surface area contributed by atoms with Gasteiger partial charge in [-0.2, -0.15) is 0 Å². The third kappa shape index (κ3) is 5.48. The molecule has 1 aromatic carbocycles. The van der Waals surface area contributed by atoms with E-state index in [1.165, 1.54) is 5.56 Å². The van der Waals surface area contributed by atoms with Gasteiger partial charge in [0.15, 0.2) is 11.5 Å². The van der Waals surface area contributed by atoms with Crippen LogP contribution in [0.25, 0.3) is 0 Å². The maximum Gasteiger partial charge on any atom is 0.276 e. The van der Waals surface area contributed by atoms with Gasteiger partial charge in [0.05, 0.1) is 26.3 Å². The molecular formula is C24H30N6O3. The molecular weight excluding hydrogens is 420 g/mol. The first-order valence-corrected chi connectivity index (χ1v) is 11.7. The van der Waals surface area contributed by atoms with E-state index in [-0.39, 0.29) is 5.91 Å². The third-order valence-electron chi connectivity index (χ3n) is 6.43. The predicted octanol–water partition coefficient (Wildman–Crippen LogP) is 2.24. The smallest absolute Gasteiger partial charge is 0.276 e. The van der Waals surface area contributed by atoms with Crippen LogP contribution in [0, 0.1) is 5.92 Å². The first-order valence-electron chi connectivity index (χ1n) is 11.7. The highest BCUT2D eigenvalue weighted by Gasteiger charge is 2.28. The summed E-state index contributed by atoms with van der Waals surface area (Å²) in [5.74, 6) is 1.98. The van der Waals surface area contributed by atoms with Gasteiger partial charge in [0.25, 0.3) is 5.91 Å². The number of rotatable bonds is 7. The van der Waals surface area contributed by atoms with Gasteiger partial charge in [0.1, 0.15) is 12.2 Å². The Kier molecular flexibility index (Phi) is 6.78. The average molecular weight is 451 g/mol. The molecule has 33 heavy (non-hydrogen) atoms. The number of hydrogen-bond acceptors (Lipinski definition) is 7. The fourth-order valence-electron chi connectivity index (χ4n) is 4.65. The van der Waals surface area contributed by atoms with Crippen LogP contribution in [0.4, 0.5) is 0 Å². The summed E-state index contributed by atoms with van der Waals surface area (Å²) in [4.78, 5) is 17.3. The van der Waals surface area contributed by atoms with Crippen LogP contribution >= 0.6 is 0 Å². The van der Waals surface area contributed by atoms with Crippen LogP contribution in [-0.2, 0) is 24.2 Å². The van der Waals surface area contributed by atoms with Crippen LogP contribution in [0.1, 0.15) is 40.5 Å². The number of aromatic nitrogens is 4. The summed E-state index contributed by atoms with van der Waals surface area (Å²) >= 11 is 0. The number of benzene rings is 1. The van der Waals surface area contributed by atoms with Gasteiger partial charge < -0.3 is 18.7 Å². The Morgan fingerprint density at radius 3 is 2.79 bits per heavy atom. The zero-order valence-electron chi connectivity index (χ0n) is 18.8.